The molecule has 2 rings (SSSR count). The number of carbonyl (C=O) groups excluding carboxylic acids is 2. The smallest absolute Gasteiger partial charge is 0.348 e. The quantitative estimate of drug-likeness (QED) is 0.338. The molecule has 1 aromatic heterocycles. The molecule has 1 aromatic carbocycles. The van der Waals surface area contributed by atoms with Crippen LogP contribution in [0.25, 0.3) is 6.08 Å². The number of esters is 1. The van der Waals surface area contributed by atoms with E-state index >= 15 is 0 Å². The summed E-state index contributed by atoms with van der Waals surface area (Å²) in [7, 11) is 0. The van der Waals surface area contributed by atoms with Crippen molar-refractivity contribution in [3.05, 3.63) is 62.0 Å². The summed E-state index contributed by atoms with van der Waals surface area (Å²) in [6, 6.07) is 7.79. The molecule has 2 aromatic rings. The van der Waals surface area contributed by atoms with Gasteiger partial charge in [0, 0.05) is 18.2 Å². The highest BCUT2D eigenvalue weighted by molar-refractivity contribution is 7.18. The van der Waals surface area contributed by atoms with E-state index in [1.165, 1.54) is 30.4 Å². The predicted molar refractivity (Wildman–Crippen MR) is 105 cm³/mol. The van der Waals surface area contributed by atoms with Crippen LogP contribution < -0.4 is 5.32 Å². The Hall–Kier alpha value is -3.51. The molecule has 1 amide bonds. The lowest BCUT2D eigenvalue weighted by molar-refractivity contribution is -0.384. The van der Waals surface area contributed by atoms with Gasteiger partial charge in [0.2, 0.25) is 5.91 Å². The average Bonchev–Trinajstić information content (AvgIpc) is 2.95. The molecule has 0 atom stereocenters. The number of nitrogens with one attached hydrogen (secondary N) is 1. The molecule has 0 aliphatic heterocycles. The van der Waals surface area contributed by atoms with E-state index in [1.807, 2.05) is 6.07 Å². The van der Waals surface area contributed by atoms with Crippen molar-refractivity contribution in [2.24, 2.45) is 0 Å². The zero-order chi connectivity index (χ0) is 20.8. The fraction of sp³-hybridized carbons (Fsp3) is 0.211. The molecule has 0 saturated heterocycles. The van der Waals surface area contributed by atoms with Crippen molar-refractivity contribution in [2.45, 2.75) is 26.9 Å². The molecule has 0 radical (unpaired) electrons. The summed E-state index contributed by atoms with van der Waals surface area (Å²) in [4.78, 5) is 34.9. The second-order valence-electron chi connectivity index (χ2n) is 6.00. The molecule has 1 N–H and O–H groups in total. The van der Waals surface area contributed by atoms with E-state index in [2.05, 4.69) is 5.32 Å². The van der Waals surface area contributed by atoms with Crippen molar-refractivity contribution in [1.82, 2.24) is 0 Å². The largest absolute Gasteiger partial charge is 0.459 e. The minimum Gasteiger partial charge on any atom is -0.459 e. The van der Waals surface area contributed by atoms with Gasteiger partial charge in [0.25, 0.3) is 5.69 Å². The summed E-state index contributed by atoms with van der Waals surface area (Å²) < 4.78 is 5.15. The van der Waals surface area contributed by atoms with Gasteiger partial charge in [-0.15, -0.1) is 11.3 Å². The Kier molecular flexibility index (Phi) is 6.63. The van der Waals surface area contributed by atoms with Gasteiger partial charge in [0.15, 0.2) is 0 Å². The molecule has 144 valence electrons. The highest BCUT2D eigenvalue weighted by atomic mass is 32.1. The van der Waals surface area contributed by atoms with Crippen LogP contribution in [0.3, 0.4) is 0 Å². The standard InChI is InChI=1S/C19H17N3O5S/c1-11(2)27-19(24)17-12(3)15(10-20)18(28-17)21-16(23)8-7-13-5-4-6-14(9-13)22(25)26/h4-9,11H,1-3H3,(H,21,23)/b8-7+. The van der Waals surface area contributed by atoms with Gasteiger partial charge in [-0.25, -0.2) is 4.79 Å². The fourth-order valence-electron chi connectivity index (χ4n) is 2.27. The third-order valence-electron chi connectivity index (χ3n) is 3.53. The van der Waals surface area contributed by atoms with E-state index < -0.39 is 16.8 Å². The SMILES string of the molecule is Cc1c(C(=O)OC(C)C)sc(NC(=O)/C=C/c2cccc([N+](=O)[O-])c2)c1C#N. The molecule has 0 spiro atoms. The third-order valence-corrected chi connectivity index (χ3v) is 4.72. The van der Waals surface area contributed by atoms with Crippen molar-refractivity contribution < 1.29 is 19.2 Å². The lowest BCUT2D eigenvalue weighted by Crippen LogP contribution is -2.11. The van der Waals surface area contributed by atoms with Gasteiger partial charge in [-0.1, -0.05) is 12.1 Å². The Bertz CT molecular complexity index is 1000. The minimum atomic E-state index is -0.554. The average molecular weight is 399 g/mol. The summed E-state index contributed by atoms with van der Waals surface area (Å²) in [6.45, 7) is 5.04. The van der Waals surface area contributed by atoms with Crippen LogP contribution in [0.1, 0.15) is 40.2 Å². The number of thiophene rings is 1. The first-order valence-electron chi connectivity index (χ1n) is 8.21. The monoisotopic (exact) mass is 399 g/mol. The molecule has 8 nitrogen and oxygen atoms in total. The van der Waals surface area contributed by atoms with Crippen LogP contribution in [0.5, 0.6) is 0 Å². The van der Waals surface area contributed by atoms with Crippen molar-refractivity contribution in [3.63, 3.8) is 0 Å². The van der Waals surface area contributed by atoms with E-state index in [-0.39, 0.29) is 27.2 Å². The van der Waals surface area contributed by atoms with Crippen molar-refractivity contribution in [1.29, 1.82) is 5.26 Å². The number of hydrogen-bond acceptors (Lipinski definition) is 7. The van der Waals surface area contributed by atoms with E-state index in [4.69, 9.17) is 4.74 Å². The first kappa shape index (κ1) is 20.8. The van der Waals surface area contributed by atoms with Crippen LogP contribution in [-0.2, 0) is 9.53 Å². The van der Waals surface area contributed by atoms with E-state index in [1.54, 1.807) is 26.8 Å². The highest BCUT2D eigenvalue weighted by Crippen LogP contribution is 2.33. The lowest BCUT2D eigenvalue weighted by atomic mass is 10.1. The molecule has 0 aliphatic rings. The zero-order valence-corrected chi connectivity index (χ0v) is 16.2. The third kappa shape index (κ3) is 5.02. The van der Waals surface area contributed by atoms with Gasteiger partial charge in [-0.3, -0.25) is 14.9 Å². The second-order valence-corrected chi connectivity index (χ2v) is 7.02. The maximum absolute atomic E-state index is 12.2. The normalized spacial score (nSPS) is 10.7. The van der Waals surface area contributed by atoms with Crippen molar-refractivity contribution in [3.8, 4) is 6.07 Å². The number of carbonyl (C=O) groups is 2. The Labute approximate surface area is 165 Å². The van der Waals surface area contributed by atoms with E-state index in [0.29, 0.717) is 11.1 Å². The van der Waals surface area contributed by atoms with Crippen LogP contribution in [0.15, 0.2) is 30.3 Å². The van der Waals surface area contributed by atoms with Crippen LogP contribution in [0, 0.1) is 28.4 Å². The Morgan fingerprint density at radius 1 is 1.39 bits per heavy atom. The van der Waals surface area contributed by atoms with Crippen LogP contribution in [-0.4, -0.2) is 22.9 Å². The highest BCUT2D eigenvalue weighted by Gasteiger charge is 2.22. The van der Waals surface area contributed by atoms with E-state index in [0.717, 1.165) is 11.3 Å². The topological polar surface area (TPSA) is 122 Å². The summed E-state index contributed by atoms with van der Waals surface area (Å²) in [5.74, 6) is -1.09. The molecular formula is C19H17N3O5S. The second kappa shape index (κ2) is 8.92. The Balaban J connectivity index is 2.20. The Morgan fingerprint density at radius 2 is 2.11 bits per heavy atom. The number of nitro benzene ring substituents is 1. The summed E-state index contributed by atoms with van der Waals surface area (Å²) in [5, 5.41) is 23.0. The first-order chi connectivity index (χ1) is 13.2. The van der Waals surface area contributed by atoms with Gasteiger partial charge >= 0.3 is 5.97 Å². The number of benzene rings is 1. The predicted octanol–water partition coefficient (Wildman–Crippen LogP) is 4.05. The molecule has 0 unspecified atom stereocenters. The van der Waals surface area contributed by atoms with Crippen LogP contribution >= 0.6 is 11.3 Å². The molecule has 0 saturated carbocycles. The Morgan fingerprint density at radius 3 is 2.71 bits per heavy atom. The maximum Gasteiger partial charge on any atom is 0.348 e. The molecule has 9 heteroatoms. The molecular weight excluding hydrogens is 382 g/mol. The summed E-state index contributed by atoms with van der Waals surface area (Å²) >= 11 is 0.965. The number of nitrogens with zero attached hydrogens (tertiary/aromatic N) is 2. The summed E-state index contributed by atoms with van der Waals surface area (Å²) in [6.07, 6.45) is 2.31. The maximum atomic E-state index is 12.2. The fourth-order valence-corrected chi connectivity index (χ4v) is 3.31. The van der Waals surface area contributed by atoms with E-state index in [9.17, 15) is 25.0 Å². The van der Waals surface area contributed by atoms with Crippen molar-refractivity contribution >= 4 is 40.0 Å². The number of hydrogen-bond donors (Lipinski definition) is 1. The number of nitro groups is 1. The molecule has 0 fully saturated rings. The number of non-ortho nitro benzene ring substituents is 1. The number of nitriles is 1. The number of amides is 1. The molecule has 28 heavy (non-hydrogen) atoms. The molecule has 0 aliphatic carbocycles. The van der Waals surface area contributed by atoms with Gasteiger partial charge in [0.1, 0.15) is 15.9 Å². The minimum absolute atomic E-state index is 0.0866. The van der Waals surface area contributed by atoms with Crippen molar-refractivity contribution in [2.75, 3.05) is 5.32 Å². The van der Waals surface area contributed by atoms with Gasteiger partial charge in [-0.2, -0.15) is 5.26 Å². The lowest BCUT2D eigenvalue weighted by Gasteiger charge is -2.06. The number of ether oxygens (including phenoxy) is 1. The van der Waals surface area contributed by atoms with Gasteiger partial charge in [0.05, 0.1) is 16.6 Å². The van der Waals surface area contributed by atoms with Gasteiger partial charge in [-0.05, 0) is 38.0 Å². The number of rotatable bonds is 6. The van der Waals surface area contributed by atoms with Gasteiger partial charge < -0.3 is 10.1 Å². The first-order valence-corrected chi connectivity index (χ1v) is 9.02. The summed E-state index contributed by atoms with van der Waals surface area (Å²) in [5.41, 5.74) is 1.03. The van der Waals surface area contributed by atoms with Crippen LogP contribution in [0.2, 0.25) is 0 Å². The molecule has 0 bridgehead atoms. The molecule has 1 heterocycles. The number of anilines is 1. The van der Waals surface area contributed by atoms with Crippen LogP contribution in [0.4, 0.5) is 10.7 Å². The zero-order valence-electron chi connectivity index (χ0n) is 15.4.